The van der Waals surface area contributed by atoms with Crippen molar-refractivity contribution >= 4 is 38.9 Å². The number of allylic oxidation sites excluding steroid dienone is 1. The Hall–Kier alpha value is 0.0200. The van der Waals surface area contributed by atoms with Gasteiger partial charge < -0.3 is 4.74 Å². The second-order valence-electron chi connectivity index (χ2n) is 3.56. The number of ether oxygens (including phenoxy) is 1. The van der Waals surface area contributed by atoms with E-state index in [2.05, 4.69) is 74.9 Å². The number of epoxide rings is 1. The molecule has 1 heterocycles. The molecule has 1 aromatic rings. The molecule has 0 atom stereocenters. The maximum Gasteiger partial charge on any atom is 0.339 e. The minimum atomic E-state index is -3.22. The molecule has 0 radical (unpaired) electrons. The number of benzene rings is 1. The van der Waals surface area contributed by atoms with E-state index in [1.54, 1.807) is 0 Å². The van der Waals surface area contributed by atoms with Crippen LogP contribution in [-0.2, 0) is 15.7 Å². The van der Waals surface area contributed by atoms with Gasteiger partial charge >= 0.3 is 5.20 Å². The Kier molecular flexibility index (Phi) is 7.36. The van der Waals surface area contributed by atoms with Gasteiger partial charge in [-0.2, -0.15) is 17.7 Å². The molecule has 2 aliphatic rings. The lowest BCUT2D eigenvalue weighted by Crippen LogP contribution is -1.93. The predicted molar refractivity (Wildman–Crippen MR) is 77.7 cm³/mol. The van der Waals surface area contributed by atoms with Crippen molar-refractivity contribution in [1.29, 1.82) is 0 Å². The van der Waals surface area contributed by atoms with Crippen LogP contribution in [0.4, 0.5) is 0 Å². The summed E-state index contributed by atoms with van der Waals surface area (Å²) in [5.41, 5.74) is 2.71. The van der Waals surface area contributed by atoms with Gasteiger partial charge in [0.25, 0.3) is 0 Å². The van der Waals surface area contributed by atoms with E-state index in [-0.39, 0.29) is 0 Å². The number of hydrogen-bond acceptors (Lipinski definition) is 2. The zero-order valence-corrected chi connectivity index (χ0v) is 12.8. The number of hydrogen-bond donors (Lipinski definition) is 0. The number of halogens is 3. The minimum absolute atomic E-state index is 1.00. The first-order chi connectivity index (χ1) is 8.47. The molecule has 0 amide bonds. The van der Waals surface area contributed by atoms with Crippen LogP contribution in [-0.4, -0.2) is 13.2 Å². The summed E-state index contributed by atoms with van der Waals surface area (Å²) in [4.78, 5) is 0. The first-order valence-electron chi connectivity index (χ1n) is 5.39. The van der Waals surface area contributed by atoms with Crippen molar-refractivity contribution in [2.75, 3.05) is 13.2 Å². The van der Waals surface area contributed by atoms with Crippen LogP contribution in [0.25, 0.3) is 0 Å². The highest BCUT2D eigenvalue weighted by Gasteiger charge is 2.03. The fourth-order valence-corrected chi connectivity index (χ4v) is 1.29. The summed E-state index contributed by atoms with van der Waals surface area (Å²) >= 11 is 13.8. The molecule has 1 aliphatic heterocycles. The molecular weight excluding hydrogens is 313 g/mol. The molecule has 1 aliphatic carbocycles. The van der Waals surface area contributed by atoms with Gasteiger partial charge in [-0.1, -0.05) is 18.9 Å². The lowest BCUT2D eigenvalue weighted by molar-refractivity contribution is 0.475. The Balaban J connectivity index is 0.000000169. The van der Waals surface area contributed by atoms with Crippen molar-refractivity contribution in [2.24, 2.45) is 0 Å². The summed E-state index contributed by atoms with van der Waals surface area (Å²) in [5, 5.41) is -3.22. The monoisotopic (exact) mass is 325 g/mol. The molecule has 0 aromatic heterocycles. The van der Waals surface area contributed by atoms with Crippen LogP contribution in [0.5, 0.6) is 0 Å². The first kappa shape index (κ1) is 16.1. The lowest BCUT2D eigenvalue weighted by Gasteiger charge is -2.17. The molecule has 18 heavy (non-hydrogen) atoms. The second kappa shape index (κ2) is 8.24. The number of aryl methyl sites for hydroxylation is 1. The Labute approximate surface area is 122 Å². The third-order valence-electron chi connectivity index (χ3n) is 2.04. The number of fused-ring (bicyclic) bond motifs is 1. The van der Waals surface area contributed by atoms with Crippen molar-refractivity contribution in [3.05, 3.63) is 47.5 Å². The molecule has 100 valence electrons. The van der Waals surface area contributed by atoms with Crippen molar-refractivity contribution in [3.8, 4) is 0 Å². The normalized spacial score (nSPS) is 15.5. The van der Waals surface area contributed by atoms with Gasteiger partial charge in [0.2, 0.25) is 0 Å². The molecular formula is C12H13Cl3O2P-. The van der Waals surface area contributed by atoms with E-state index in [0.29, 0.717) is 0 Å². The van der Waals surface area contributed by atoms with E-state index in [9.17, 15) is 4.57 Å². The van der Waals surface area contributed by atoms with Gasteiger partial charge in [-0.05, 0) is 33.7 Å². The highest BCUT2D eigenvalue weighted by atomic mass is 36.0. The predicted octanol–water partition coefficient (Wildman–Crippen LogP) is 5.17. The van der Waals surface area contributed by atoms with E-state index >= 15 is 0 Å². The molecule has 0 N–H and O–H groups in total. The Morgan fingerprint density at radius 2 is 1.72 bits per heavy atom. The summed E-state index contributed by atoms with van der Waals surface area (Å²) in [5.74, 6) is 0. The van der Waals surface area contributed by atoms with Crippen molar-refractivity contribution in [1.82, 2.24) is 0 Å². The fourth-order valence-electron chi connectivity index (χ4n) is 1.29. The molecule has 0 bridgehead atoms. The smallest absolute Gasteiger partial charge is 0.339 e. The summed E-state index contributed by atoms with van der Waals surface area (Å²) in [6.45, 7) is 2.00. The SMILES string of the molecule is C1CO1.O=P(Cl)(Cl)Cl.[C-]1=CCCc2ccccc21. The zero-order chi connectivity index (χ0) is 13.4. The van der Waals surface area contributed by atoms with E-state index < -0.39 is 5.20 Å². The van der Waals surface area contributed by atoms with Crippen molar-refractivity contribution in [2.45, 2.75) is 12.8 Å². The van der Waals surface area contributed by atoms with Crippen LogP contribution in [0.3, 0.4) is 0 Å². The average Bonchev–Trinajstić information content (AvgIpc) is 3.14. The molecule has 0 spiro atoms. The van der Waals surface area contributed by atoms with Gasteiger partial charge in [0, 0.05) is 0 Å². The van der Waals surface area contributed by atoms with Crippen molar-refractivity contribution in [3.63, 3.8) is 0 Å². The maximum absolute atomic E-state index is 9.51. The van der Waals surface area contributed by atoms with E-state index in [4.69, 9.17) is 0 Å². The zero-order valence-electron chi connectivity index (χ0n) is 9.61. The van der Waals surface area contributed by atoms with Crippen LogP contribution in [0, 0.1) is 6.08 Å². The Morgan fingerprint density at radius 1 is 1.17 bits per heavy atom. The van der Waals surface area contributed by atoms with Gasteiger partial charge in [0.05, 0.1) is 13.2 Å². The number of rotatable bonds is 0. The van der Waals surface area contributed by atoms with Crippen LogP contribution in [0.15, 0.2) is 30.3 Å². The van der Waals surface area contributed by atoms with Gasteiger partial charge in [-0.25, -0.2) is 0 Å². The summed E-state index contributed by atoms with van der Waals surface area (Å²) in [7, 11) is 0. The third-order valence-corrected chi connectivity index (χ3v) is 2.04. The van der Waals surface area contributed by atoms with E-state index in [1.165, 1.54) is 17.5 Å². The highest BCUT2D eigenvalue weighted by Crippen LogP contribution is 2.61. The van der Waals surface area contributed by atoms with Gasteiger partial charge in [-0.15, -0.1) is 23.8 Å². The largest absolute Gasteiger partial charge is 0.377 e. The van der Waals surface area contributed by atoms with Crippen molar-refractivity contribution < 1.29 is 9.30 Å². The van der Waals surface area contributed by atoms with Crippen LogP contribution >= 0.6 is 38.9 Å². The molecule has 1 saturated heterocycles. The Morgan fingerprint density at radius 3 is 2.22 bits per heavy atom. The maximum atomic E-state index is 9.51. The molecule has 6 heteroatoms. The highest BCUT2D eigenvalue weighted by molar-refractivity contribution is 8.24. The van der Waals surface area contributed by atoms with E-state index in [0.717, 1.165) is 19.6 Å². The molecule has 2 nitrogen and oxygen atoms in total. The summed E-state index contributed by atoms with van der Waals surface area (Å²) in [6, 6.07) is 8.44. The van der Waals surface area contributed by atoms with Crippen LogP contribution in [0.1, 0.15) is 17.5 Å². The van der Waals surface area contributed by atoms with Crippen LogP contribution in [0.2, 0.25) is 0 Å². The minimum Gasteiger partial charge on any atom is -0.377 e. The van der Waals surface area contributed by atoms with Gasteiger partial charge in [0.1, 0.15) is 0 Å². The first-order valence-corrected chi connectivity index (χ1v) is 9.82. The standard InChI is InChI=1S/C10H9.C2H4O.Cl3OP/c1-2-6-10-8-4-3-7-9(10)5-1;1-2-3-1;1-5(2,3)4/h1-3,5-6H,4,8H2;1-2H2;/q-1;;. The Bertz CT molecular complexity index is 430. The fraction of sp³-hybridized carbons (Fsp3) is 0.333. The molecule has 3 rings (SSSR count). The summed E-state index contributed by atoms with van der Waals surface area (Å²) < 4.78 is 14.0. The molecule has 1 aromatic carbocycles. The summed E-state index contributed by atoms with van der Waals surface area (Å²) in [6.07, 6.45) is 7.68. The molecule has 0 saturated carbocycles. The quantitative estimate of drug-likeness (QED) is 0.374. The average molecular weight is 327 g/mol. The third kappa shape index (κ3) is 9.99. The second-order valence-corrected chi connectivity index (χ2v) is 10.2. The van der Waals surface area contributed by atoms with Gasteiger partial charge in [-0.3, -0.25) is 4.57 Å². The van der Waals surface area contributed by atoms with E-state index in [1.807, 2.05) is 0 Å². The lowest BCUT2D eigenvalue weighted by atomic mass is 9.98. The molecule has 0 unspecified atom stereocenters. The topological polar surface area (TPSA) is 29.6 Å². The van der Waals surface area contributed by atoms with Gasteiger partial charge in [0.15, 0.2) is 0 Å². The molecule has 1 fully saturated rings. The van der Waals surface area contributed by atoms with Crippen LogP contribution < -0.4 is 0 Å².